The van der Waals surface area contributed by atoms with Crippen molar-refractivity contribution in [2.75, 3.05) is 13.2 Å². The maximum absolute atomic E-state index is 8.88. The number of ether oxygens (including phenoxy) is 2. The molecule has 3 heteroatoms. The Bertz CT molecular complexity index is 182. The summed E-state index contributed by atoms with van der Waals surface area (Å²) >= 11 is 0. The number of aliphatic hydroxyl groups excluding tert-OH is 1. The average Bonchev–Trinajstić information content (AvgIpc) is 2.31. The maximum atomic E-state index is 8.88. The second kappa shape index (κ2) is 8.90. The van der Waals surface area contributed by atoms with E-state index >= 15 is 0 Å². The van der Waals surface area contributed by atoms with Crippen molar-refractivity contribution in [3.8, 4) is 0 Å². The molecule has 0 aromatic carbocycles. The molecule has 17 heavy (non-hydrogen) atoms. The zero-order valence-corrected chi connectivity index (χ0v) is 12.3. The summed E-state index contributed by atoms with van der Waals surface area (Å²) in [5.74, 6) is 1.08. The molecular formula is C14H30O3. The van der Waals surface area contributed by atoms with Crippen LogP contribution in [0, 0.1) is 11.8 Å². The van der Waals surface area contributed by atoms with Gasteiger partial charge in [0.2, 0.25) is 0 Å². The second-order valence-corrected chi connectivity index (χ2v) is 5.37. The van der Waals surface area contributed by atoms with E-state index in [0.29, 0.717) is 18.4 Å². The molecule has 0 aromatic rings. The van der Waals surface area contributed by atoms with Crippen LogP contribution in [0.1, 0.15) is 48.0 Å². The molecule has 0 aliphatic carbocycles. The first-order valence-electron chi connectivity index (χ1n) is 6.80. The van der Waals surface area contributed by atoms with Crippen molar-refractivity contribution in [2.45, 2.75) is 66.3 Å². The zero-order valence-electron chi connectivity index (χ0n) is 12.3. The molecule has 0 radical (unpaired) electrons. The molecular weight excluding hydrogens is 216 g/mol. The quantitative estimate of drug-likeness (QED) is 0.680. The van der Waals surface area contributed by atoms with E-state index in [-0.39, 0.29) is 24.9 Å². The highest BCUT2D eigenvalue weighted by Crippen LogP contribution is 2.21. The summed E-state index contributed by atoms with van der Waals surface area (Å²) < 4.78 is 11.5. The molecule has 0 aliphatic rings. The van der Waals surface area contributed by atoms with Crippen LogP contribution in [-0.4, -0.2) is 36.6 Å². The highest BCUT2D eigenvalue weighted by Gasteiger charge is 2.22. The van der Waals surface area contributed by atoms with Crippen LogP contribution in [0.25, 0.3) is 0 Å². The predicted molar refractivity (Wildman–Crippen MR) is 71.1 cm³/mol. The molecule has 0 aromatic heterocycles. The number of hydrogen-bond acceptors (Lipinski definition) is 3. The third kappa shape index (κ3) is 7.02. The van der Waals surface area contributed by atoms with Gasteiger partial charge < -0.3 is 14.6 Å². The molecule has 0 spiro atoms. The van der Waals surface area contributed by atoms with Crippen molar-refractivity contribution < 1.29 is 14.6 Å². The van der Waals surface area contributed by atoms with Gasteiger partial charge in [0.15, 0.2) is 0 Å². The van der Waals surface area contributed by atoms with Crippen molar-refractivity contribution in [3.05, 3.63) is 0 Å². The fourth-order valence-electron chi connectivity index (χ4n) is 1.84. The van der Waals surface area contributed by atoms with Crippen molar-refractivity contribution in [2.24, 2.45) is 11.8 Å². The lowest BCUT2D eigenvalue weighted by atomic mass is 9.92. The van der Waals surface area contributed by atoms with Gasteiger partial charge in [0.1, 0.15) is 0 Å². The molecule has 0 saturated heterocycles. The molecule has 0 rings (SSSR count). The first kappa shape index (κ1) is 16.9. The third-order valence-electron chi connectivity index (χ3n) is 3.12. The summed E-state index contributed by atoms with van der Waals surface area (Å²) in [5, 5.41) is 8.88. The molecule has 0 amide bonds. The van der Waals surface area contributed by atoms with E-state index in [0.717, 1.165) is 6.42 Å². The van der Waals surface area contributed by atoms with Crippen LogP contribution >= 0.6 is 0 Å². The summed E-state index contributed by atoms with van der Waals surface area (Å²) in [5.41, 5.74) is 0. The van der Waals surface area contributed by atoms with Gasteiger partial charge >= 0.3 is 0 Å². The smallest absolute Gasteiger partial charge is 0.0784 e. The molecule has 4 unspecified atom stereocenters. The van der Waals surface area contributed by atoms with Crippen molar-refractivity contribution in [1.29, 1.82) is 0 Å². The Labute approximate surface area is 107 Å². The Morgan fingerprint density at radius 3 is 2.00 bits per heavy atom. The van der Waals surface area contributed by atoms with Gasteiger partial charge in [0, 0.05) is 0 Å². The van der Waals surface area contributed by atoms with Gasteiger partial charge in [-0.1, -0.05) is 34.1 Å². The van der Waals surface area contributed by atoms with E-state index in [1.807, 2.05) is 13.8 Å². The fraction of sp³-hybridized carbons (Fsp3) is 1.00. The van der Waals surface area contributed by atoms with Crippen LogP contribution in [0.2, 0.25) is 0 Å². The van der Waals surface area contributed by atoms with Crippen LogP contribution < -0.4 is 0 Å². The highest BCUT2D eigenvalue weighted by molar-refractivity contribution is 4.70. The summed E-state index contributed by atoms with van der Waals surface area (Å²) in [7, 11) is 0. The highest BCUT2D eigenvalue weighted by atomic mass is 16.5. The SMILES string of the molecule is CCC(C)C(OC(C)COC(C)CO)C(C)C. The largest absolute Gasteiger partial charge is 0.394 e. The van der Waals surface area contributed by atoms with Gasteiger partial charge in [-0.2, -0.15) is 0 Å². The lowest BCUT2D eigenvalue weighted by molar-refractivity contribution is -0.100. The Kier molecular flexibility index (Phi) is 8.83. The minimum absolute atomic E-state index is 0.0612. The minimum Gasteiger partial charge on any atom is -0.394 e. The van der Waals surface area contributed by atoms with Crippen LogP contribution in [0.15, 0.2) is 0 Å². The van der Waals surface area contributed by atoms with Gasteiger partial charge in [-0.25, -0.2) is 0 Å². The Hall–Kier alpha value is -0.120. The lowest BCUT2D eigenvalue weighted by Gasteiger charge is -2.30. The van der Waals surface area contributed by atoms with Crippen molar-refractivity contribution >= 4 is 0 Å². The topological polar surface area (TPSA) is 38.7 Å². The van der Waals surface area contributed by atoms with E-state index in [1.54, 1.807) is 0 Å². The number of hydrogen-bond donors (Lipinski definition) is 1. The van der Waals surface area contributed by atoms with Crippen LogP contribution in [-0.2, 0) is 9.47 Å². The van der Waals surface area contributed by atoms with Gasteiger partial charge in [-0.3, -0.25) is 0 Å². The molecule has 0 fully saturated rings. The fourth-order valence-corrected chi connectivity index (χ4v) is 1.84. The molecule has 0 aliphatic heterocycles. The van der Waals surface area contributed by atoms with Gasteiger partial charge in [-0.05, 0) is 25.7 Å². The first-order valence-corrected chi connectivity index (χ1v) is 6.80. The monoisotopic (exact) mass is 246 g/mol. The molecule has 3 nitrogen and oxygen atoms in total. The Morgan fingerprint density at radius 2 is 1.59 bits per heavy atom. The molecule has 0 heterocycles. The molecule has 0 saturated carbocycles. The molecule has 1 N–H and O–H groups in total. The van der Waals surface area contributed by atoms with Gasteiger partial charge in [0.05, 0.1) is 31.5 Å². The van der Waals surface area contributed by atoms with E-state index in [9.17, 15) is 0 Å². The molecule has 0 bridgehead atoms. The minimum atomic E-state index is -0.109. The summed E-state index contributed by atoms with van der Waals surface area (Å²) in [6.07, 6.45) is 1.37. The van der Waals surface area contributed by atoms with Crippen LogP contribution in [0.4, 0.5) is 0 Å². The van der Waals surface area contributed by atoms with E-state index in [4.69, 9.17) is 14.6 Å². The number of rotatable bonds is 9. The van der Waals surface area contributed by atoms with Gasteiger partial charge in [0.25, 0.3) is 0 Å². The normalized spacial score (nSPS) is 19.1. The Balaban J connectivity index is 4.08. The second-order valence-electron chi connectivity index (χ2n) is 5.37. The van der Waals surface area contributed by atoms with Gasteiger partial charge in [-0.15, -0.1) is 0 Å². The third-order valence-corrected chi connectivity index (χ3v) is 3.12. The summed E-state index contributed by atoms with van der Waals surface area (Å²) in [6.45, 7) is 13.3. The molecule has 104 valence electrons. The lowest BCUT2D eigenvalue weighted by Crippen LogP contribution is -2.33. The van der Waals surface area contributed by atoms with E-state index < -0.39 is 0 Å². The van der Waals surface area contributed by atoms with Crippen molar-refractivity contribution in [1.82, 2.24) is 0 Å². The van der Waals surface area contributed by atoms with Crippen LogP contribution in [0.3, 0.4) is 0 Å². The Morgan fingerprint density at radius 1 is 1.00 bits per heavy atom. The molecule has 4 atom stereocenters. The number of aliphatic hydroxyl groups is 1. The predicted octanol–water partition coefficient (Wildman–Crippen LogP) is 2.86. The van der Waals surface area contributed by atoms with Crippen LogP contribution in [0.5, 0.6) is 0 Å². The summed E-state index contributed by atoms with van der Waals surface area (Å²) in [4.78, 5) is 0. The average molecular weight is 246 g/mol. The maximum Gasteiger partial charge on any atom is 0.0784 e. The zero-order chi connectivity index (χ0) is 13.4. The van der Waals surface area contributed by atoms with E-state index in [2.05, 4.69) is 27.7 Å². The van der Waals surface area contributed by atoms with E-state index in [1.165, 1.54) is 0 Å². The van der Waals surface area contributed by atoms with Crippen molar-refractivity contribution in [3.63, 3.8) is 0 Å². The standard InChI is InChI=1S/C14H30O3/c1-7-11(4)14(10(2)3)17-13(6)9-16-12(5)8-15/h10-15H,7-9H2,1-6H3. The summed E-state index contributed by atoms with van der Waals surface area (Å²) in [6, 6.07) is 0. The first-order chi connectivity index (χ1) is 7.92.